The van der Waals surface area contributed by atoms with Crippen molar-refractivity contribution in [1.82, 2.24) is 0 Å². The minimum Gasteiger partial charge on any atom is -0.465 e. The highest BCUT2D eigenvalue weighted by Crippen LogP contribution is 2.22. The lowest BCUT2D eigenvalue weighted by Crippen LogP contribution is -2.18. The van der Waals surface area contributed by atoms with Gasteiger partial charge in [0.2, 0.25) is 0 Å². The van der Waals surface area contributed by atoms with E-state index in [4.69, 9.17) is 14.3 Å². The van der Waals surface area contributed by atoms with Crippen LogP contribution in [0.25, 0.3) is 0 Å². The van der Waals surface area contributed by atoms with Gasteiger partial charge in [0.05, 0.1) is 8.46 Å². The molecule has 14 heavy (non-hydrogen) atoms. The molecule has 0 bridgehead atoms. The topological polar surface area (TPSA) is 26.3 Å². The minimum atomic E-state index is -5.73. The fourth-order valence-corrected chi connectivity index (χ4v) is 0.133. The molecule has 0 aromatic rings. The molecule has 0 atom stereocenters. The SMILES string of the molecule is [2H]C(F)(F)C(F)(F)F.[2H]COC(=O)C(=C)Cl. The Morgan fingerprint density at radius 2 is 2.00 bits per heavy atom. The molecule has 0 saturated heterocycles. The van der Waals surface area contributed by atoms with Crippen LogP contribution in [0, 0.1) is 0 Å². The Morgan fingerprint density at radius 1 is 1.64 bits per heavy atom. The van der Waals surface area contributed by atoms with Crippen LogP contribution in [0.5, 0.6) is 0 Å². The Labute approximate surface area is 84.1 Å². The Balaban J connectivity index is 0. The van der Waals surface area contributed by atoms with Crippen LogP contribution >= 0.6 is 11.6 Å². The van der Waals surface area contributed by atoms with Gasteiger partial charge in [0, 0.05) is 0 Å². The van der Waals surface area contributed by atoms with Crippen LogP contribution < -0.4 is 0 Å². The zero-order valence-corrected chi connectivity index (χ0v) is 7.25. The van der Waals surface area contributed by atoms with Gasteiger partial charge >= 0.3 is 18.5 Å². The van der Waals surface area contributed by atoms with E-state index in [9.17, 15) is 26.7 Å². The highest BCUT2D eigenvalue weighted by Gasteiger charge is 2.40. The molecule has 2 nitrogen and oxygen atoms in total. The standard InChI is InChI=1S/C4H5ClO2.C2HF5/c1-3(5)4(6)7-2;3-1(4)2(5,6)7/h1H2,2H3;1H/i2D;1D. The molecule has 0 amide bonds. The van der Waals surface area contributed by atoms with Gasteiger partial charge in [-0.05, 0) is 0 Å². The predicted octanol–water partition coefficient (Wildman–Crippen LogP) is 2.73. The number of carbonyl (C=O) groups is 1. The summed E-state index contributed by atoms with van der Waals surface area (Å²) >= 11 is 5.05. The highest BCUT2D eigenvalue weighted by molar-refractivity contribution is 6.40. The molecule has 8 heteroatoms. The van der Waals surface area contributed by atoms with Crippen LogP contribution in [0.1, 0.15) is 2.74 Å². The second-order valence-corrected chi connectivity index (χ2v) is 2.05. The molecule has 0 aliphatic heterocycles. The maximum absolute atomic E-state index is 10.8. The zero-order valence-electron chi connectivity index (χ0n) is 8.50. The van der Waals surface area contributed by atoms with E-state index in [1.54, 1.807) is 0 Å². The summed E-state index contributed by atoms with van der Waals surface area (Å²) in [5, 5.41) is -0.197. The van der Waals surface area contributed by atoms with Gasteiger partial charge in [-0.25, -0.2) is 13.6 Å². The van der Waals surface area contributed by atoms with E-state index in [1.165, 1.54) is 0 Å². The van der Waals surface area contributed by atoms with E-state index < -0.39 is 25.6 Å². The van der Waals surface area contributed by atoms with Crippen LogP contribution in [-0.4, -0.2) is 25.6 Å². The van der Waals surface area contributed by atoms with E-state index in [0.29, 0.717) is 0 Å². The molecular formula is C6H6ClF5O2. The van der Waals surface area contributed by atoms with Gasteiger partial charge in [-0.15, -0.1) is 0 Å². The predicted molar refractivity (Wildman–Crippen MR) is 39.1 cm³/mol. The Kier molecular flexibility index (Phi) is 5.28. The molecular weight excluding hydrogens is 235 g/mol. The number of hydrogen-bond acceptors (Lipinski definition) is 2. The summed E-state index contributed by atoms with van der Waals surface area (Å²) in [5.41, 5.74) is 0. The van der Waals surface area contributed by atoms with Crippen molar-refractivity contribution in [3.63, 3.8) is 0 Å². The van der Waals surface area contributed by atoms with Crippen molar-refractivity contribution in [2.45, 2.75) is 12.6 Å². The first-order chi connectivity index (χ1) is 6.93. The van der Waals surface area contributed by atoms with Gasteiger partial charge in [0.15, 0.2) is 0 Å². The number of rotatable bonds is 1. The van der Waals surface area contributed by atoms with Gasteiger partial charge < -0.3 is 4.74 Å². The van der Waals surface area contributed by atoms with E-state index in [0.717, 1.165) is 0 Å². The number of methoxy groups -OCH3 is 1. The molecule has 0 aromatic heterocycles. The minimum absolute atomic E-state index is 0.197. The molecule has 0 N–H and O–H groups in total. The third-order valence-corrected chi connectivity index (χ3v) is 0.721. The van der Waals surface area contributed by atoms with Crippen LogP contribution in [0.4, 0.5) is 22.0 Å². The summed E-state index contributed by atoms with van der Waals surface area (Å²) in [6, 6.07) is 0. The first kappa shape index (κ1) is 11.2. The summed E-state index contributed by atoms with van der Waals surface area (Å²) in [6.07, 6.45) is -11.0. The fourth-order valence-electron chi connectivity index (χ4n) is 0.0783. The number of hydrogen-bond donors (Lipinski definition) is 0. The number of esters is 1. The fraction of sp³-hybridized carbons (Fsp3) is 0.500. The van der Waals surface area contributed by atoms with Gasteiger partial charge in [0.25, 0.3) is 0 Å². The van der Waals surface area contributed by atoms with E-state index in [-0.39, 0.29) is 5.03 Å². The van der Waals surface area contributed by atoms with Crippen molar-refractivity contribution in [3.8, 4) is 0 Å². The Bertz CT molecular complexity index is 238. The number of alkyl halides is 5. The first-order valence-electron chi connectivity index (χ1n) is 3.89. The monoisotopic (exact) mass is 242 g/mol. The summed E-state index contributed by atoms with van der Waals surface area (Å²) in [4.78, 5) is 10.2. The maximum atomic E-state index is 10.8. The second kappa shape index (κ2) is 6.58. The third-order valence-electron chi connectivity index (χ3n) is 0.567. The molecule has 0 spiro atoms. The largest absolute Gasteiger partial charge is 0.465 e. The molecule has 0 unspecified atom stereocenters. The molecule has 0 aliphatic rings. The van der Waals surface area contributed by atoms with Crippen LogP contribution in [0.2, 0.25) is 0 Å². The molecule has 0 saturated carbocycles. The Hall–Kier alpha value is -0.850. The molecule has 0 fully saturated rings. The van der Waals surface area contributed by atoms with Crippen molar-refractivity contribution in [2.75, 3.05) is 7.09 Å². The lowest BCUT2D eigenvalue weighted by Gasteiger charge is -2.00. The normalized spacial score (nSPS) is 13.0. The van der Waals surface area contributed by atoms with Gasteiger partial charge in [0.1, 0.15) is 6.40 Å². The van der Waals surface area contributed by atoms with Crippen molar-refractivity contribution in [1.29, 1.82) is 0 Å². The van der Waals surface area contributed by atoms with E-state index in [2.05, 4.69) is 11.3 Å². The molecule has 0 aromatic carbocycles. The van der Waals surface area contributed by atoms with Gasteiger partial charge in [-0.2, -0.15) is 13.2 Å². The average molecular weight is 243 g/mol. The van der Waals surface area contributed by atoms with Crippen molar-refractivity contribution >= 4 is 17.6 Å². The molecule has 0 radical (unpaired) electrons. The second-order valence-electron chi connectivity index (χ2n) is 1.59. The number of carbonyl (C=O) groups excluding carboxylic acids is 1. The quantitative estimate of drug-likeness (QED) is 0.401. The van der Waals surface area contributed by atoms with Gasteiger partial charge in [-0.1, -0.05) is 18.2 Å². The summed E-state index contributed by atoms with van der Waals surface area (Å²) in [7, 11) is -0.412. The van der Waals surface area contributed by atoms with Gasteiger partial charge in [-0.3, -0.25) is 0 Å². The van der Waals surface area contributed by atoms with Crippen molar-refractivity contribution in [2.24, 2.45) is 0 Å². The molecule has 0 aliphatic carbocycles. The maximum Gasteiger partial charge on any atom is 0.450 e. The van der Waals surface area contributed by atoms with Crippen molar-refractivity contribution < 1.29 is 34.2 Å². The number of halogens is 6. The van der Waals surface area contributed by atoms with E-state index >= 15 is 0 Å². The molecule has 84 valence electrons. The summed E-state index contributed by atoms with van der Waals surface area (Å²) in [5.74, 6) is -0.735. The van der Waals surface area contributed by atoms with Crippen molar-refractivity contribution in [3.05, 3.63) is 11.6 Å². The smallest absolute Gasteiger partial charge is 0.450 e. The molecule has 0 heterocycles. The summed E-state index contributed by atoms with van der Waals surface area (Å²) in [6.45, 7) is 3.08. The van der Waals surface area contributed by atoms with Crippen LogP contribution in [-0.2, 0) is 9.53 Å². The lowest BCUT2D eigenvalue weighted by atomic mass is 10.7. The third kappa shape index (κ3) is 9.24. The summed E-state index contributed by atoms with van der Waals surface area (Å²) < 4.78 is 69.0. The Morgan fingerprint density at radius 3 is 2.07 bits per heavy atom. The lowest BCUT2D eigenvalue weighted by molar-refractivity contribution is -0.219. The van der Waals surface area contributed by atoms with E-state index in [1.807, 2.05) is 0 Å². The average Bonchev–Trinajstić information content (AvgIpc) is 2.01. The molecule has 0 rings (SSSR count). The number of ether oxygens (including phenoxy) is 1. The highest BCUT2D eigenvalue weighted by atomic mass is 35.5. The van der Waals surface area contributed by atoms with Crippen LogP contribution in [0.15, 0.2) is 11.6 Å². The zero-order chi connectivity index (χ0) is 13.6. The van der Waals surface area contributed by atoms with Crippen LogP contribution in [0.3, 0.4) is 0 Å². The first-order valence-corrected chi connectivity index (χ1v) is 3.06.